The van der Waals surface area contributed by atoms with Crippen LogP contribution in [0.2, 0.25) is 0 Å². The van der Waals surface area contributed by atoms with Gasteiger partial charge in [0.2, 0.25) is 0 Å². The summed E-state index contributed by atoms with van der Waals surface area (Å²) in [7, 11) is 1.63. The molecule has 32 heavy (non-hydrogen) atoms. The third-order valence-corrected chi connectivity index (χ3v) is 6.43. The van der Waals surface area contributed by atoms with Crippen LogP contribution in [0.15, 0.2) is 64.4 Å². The fourth-order valence-electron chi connectivity index (χ4n) is 4.81. The van der Waals surface area contributed by atoms with Gasteiger partial charge in [-0.1, -0.05) is 49.2 Å². The van der Waals surface area contributed by atoms with E-state index < -0.39 is 0 Å². The summed E-state index contributed by atoms with van der Waals surface area (Å²) >= 11 is 0. The first kappa shape index (κ1) is 20.3. The Bertz CT molecular complexity index is 1410. The van der Waals surface area contributed by atoms with Gasteiger partial charge in [-0.3, -0.25) is 9.36 Å². The van der Waals surface area contributed by atoms with Gasteiger partial charge in [0.05, 0.1) is 25.7 Å². The summed E-state index contributed by atoms with van der Waals surface area (Å²) in [6.45, 7) is 2.39. The molecule has 7 nitrogen and oxygen atoms in total. The number of fused-ring (bicyclic) bond motifs is 1. The summed E-state index contributed by atoms with van der Waals surface area (Å²) < 4.78 is 10.4. The van der Waals surface area contributed by atoms with Crippen molar-refractivity contribution in [2.45, 2.75) is 45.2 Å². The van der Waals surface area contributed by atoms with E-state index in [1.165, 1.54) is 4.57 Å². The molecule has 0 aliphatic heterocycles. The van der Waals surface area contributed by atoms with E-state index >= 15 is 0 Å². The SMILES string of the molecule is COc1ccccc1Cn1cnc2c1c(=O)n(C1CCCC1)c(=O)n2-c1ccccc1C. The van der Waals surface area contributed by atoms with E-state index in [0.717, 1.165) is 48.2 Å². The van der Waals surface area contributed by atoms with E-state index in [0.29, 0.717) is 17.7 Å². The largest absolute Gasteiger partial charge is 0.496 e. The number of hydrogen-bond donors (Lipinski definition) is 0. The molecule has 2 aromatic carbocycles. The van der Waals surface area contributed by atoms with Gasteiger partial charge in [0, 0.05) is 11.6 Å². The molecule has 2 heterocycles. The minimum Gasteiger partial charge on any atom is -0.496 e. The molecule has 2 aromatic heterocycles. The molecule has 0 amide bonds. The normalized spacial score (nSPS) is 14.3. The van der Waals surface area contributed by atoms with Crippen molar-refractivity contribution in [1.82, 2.24) is 18.7 Å². The number of methoxy groups -OCH3 is 1. The molecule has 0 radical (unpaired) electrons. The van der Waals surface area contributed by atoms with Crippen LogP contribution in [-0.2, 0) is 6.54 Å². The van der Waals surface area contributed by atoms with Gasteiger partial charge in [0.25, 0.3) is 5.56 Å². The summed E-state index contributed by atoms with van der Waals surface area (Å²) in [4.78, 5) is 31.9. The summed E-state index contributed by atoms with van der Waals surface area (Å²) in [6, 6.07) is 15.3. The van der Waals surface area contributed by atoms with Gasteiger partial charge >= 0.3 is 5.69 Å². The lowest BCUT2D eigenvalue weighted by Gasteiger charge is -2.18. The molecule has 0 spiro atoms. The first-order chi connectivity index (χ1) is 15.6. The van der Waals surface area contributed by atoms with Crippen molar-refractivity contribution in [3.05, 3.63) is 86.8 Å². The Morgan fingerprint density at radius 2 is 1.75 bits per heavy atom. The minimum absolute atomic E-state index is 0.0794. The topological polar surface area (TPSA) is 71.1 Å². The van der Waals surface area contributed by atoms with Crippen LogP contribution in [0.4, 0.5) is 0 Å². The maximum atomic E-state index is 13.7. The number of nitrogens with zero attached hydrogens (tertiary/aromatic N) is 4. The molecule has 0 saturated heterocycles. The van der Waals surface area contributed by atoms with Crippen LogP contribution in [0.1, 0.15) is 42.9 Å². The van der Waals surface area contributed by atoms with Crippen LogP contribution in [0.25, 0.3) is 16.9 Å². The second-order valence-electron chi connectivity index (χ2n) is 8.37. The smallest absolute Gasteiger partial charge is 0.337 e. The number of hydrogen-bond acceptors (Lipinski definition) is 4. The minimum atomic E-state index is -0.314. The highest BCUT2D eigenvalue weighted by Crippen LogP contribution is 2.28. The Hall–Kier alpha value is -3.61. The zero-order chi connectivity index (χ0) is 22.2. The maximum absolute atomic E-state index is 13.7. The molecule has 5 rings (SSSR count). The van der Waals surface area contributed by atoms with Crippen LogP contribution >= 0.6 is 0 Å². The zero-order valence-corrected chi connectivity index (χ0v) is 18.3. The Morgan fingerprint density at radius 3 is 2.50 bits per heavy atom. The molecule has 0 N–H and O–H groups in total. The second kappa shape index (κ2) is 8.15. The van der Waals surface area contributed by atoms with E-state index in [9.17, 15) is 9.59 Å². The van der Waals surface area contributed by atoms with Crippen LogP contribution in [0.3, 0.4) is 0 Å². The van der Waals surface area contributed by atoms with Crippen molar-refractivity contribution in [1.29, 1.82) is 0 Å². The monoisotopic (exact) mass is 430 g/mol. The van der Waals surface area contributed by atoms with E-state index in [4.69, 9.17) is 4.74 Å². The predicted octanol–water partition coefficient (Wildman–Crippen LogP) is 3.83. The number of imidazole rings is 1. The highest BCUT2D eigenvalue weighted by molar-refractivity contribution is 5.73. The van der Waals surface area contributed by atoms with Gasteiger partial charge in [0.1, 0.15) is 5.75 Å². The molecule has 7 heteroatoms. The second-order valence-corrected chi connectivity index (χ2v) is 8.37. The number of aromatic nitrogens is 4. The van der Waals surface area contributed by atoms with E-state index in [-0.39, 0.29) is 17.3 Å². The Balaban J connectivity index is 1.80. The molecule has 0 unspecified atom stereocenters. The lowest BCUT2D eigenvalue weighted by atomic mass is 10.2. The van der Waals surface area contributed by atoms with E-state index in [2.05, 4.69) is 4.98 Å². The quantitative estimate of drug-likeness (QED) is 0.483. The average Bonchev–Trinajstić information content (AvgIpc) is 3.46. The molecule has 1 aliphatic rings. The van der Waals surface area contributed by atoms with Crippen LogP contribution in [0.5, 0.6) is 5.75 Å². The molecule has 1 fully saturated rings. The lowest BCUT2D eigenvalue weighted by Crippen LogP contribution is -2.42. The van der Waals surface area contributed by atoms with E-state index in [1.807, 2.05) is 60.0 Å². The Kier molecular flexibility index (Phi) is 5.17. The first-order valence-electron chi connectivity index (χ1n) is 11.0. The highest BCUT2D eigenvalue weighted by Gasteiger charge is 2.26. The molecular weight excluding hydrogens is 404 g/mol. The van der Waals surface area contributed by atoms with Crippen molar-refractivity contribution < 1.29 is 4.74 Å². The zero-order valence-electron chi connectivity index (χ0n) is 18.3. The fourth-order valence-corrected chi connectivity index (χ4v) is 4.81. The lowest BCUT2D eigenvalue weighted by molar-refractivity contribution is 0.408. The van der Waals surface area contributed by atoms with Gasteiger partial charge in [-0.05, 0) is 37.5 Å². The number of benzene rings is 2. The third-order valence-electron chi connectivity index (χ3n) is 6.43. The van der Waals surface area contributed by atoms with Crippen molar-refractivity contribution in [2.75, 3.05) is 7.11 Å². The van der Waals surface area contributed by atoms with E-state index in [1.54, 1.807) is 18.0 Å². The summed E-state index contributed by atoms with van der Waals surface area (Å²) in [5.41, 5.74) is 2.88. The maximum Gasteiger partial charge on any atom is 0.337 e. The highest BCUT2D eigenvalue weighted by atomic mass is 16.5. The number of aryl methyl sites for hydroxylation is 1. The Labute approximate surface area is 185 Å². The molecule has 1 saturated carbocycles. The van der Waals surface area contributed by atoms with Crippen LogP contribution < -0.4 is 16.0 Å². The molecule has 0 bridgehead atoms. The fraction of sp³-hybridized carbons (Fsp3) is 0.320. The van der Waals surface area contributed by atoms with Crippen molar-refractivity contribution in [3.63, 3.8) is 0 Å². The van der Waals surface area contributed by atoms with Crippen LogP contribution in [0, 0.1) is 6.92 Å². The predicted molar refractivity (Wildman–Crippen MR) is 124 cm³/mol. The average molecular weight is 431 g/mol. The summed E-state index contributed by atoms with van der Waals surface area (Å²) in [5, 5.41) is 0. The van der Waals surface area contributed by atoms with Gasteiger partial charge in [-0.15, -0.1) is 0 Å². The molecular formula is C25H26N4O3. The summed E-state index contributed by atoms with van der Waals surface area (Å²) in [6.07, 6.45) is 5.38. The molecule has 1 aliphatic carbocycles. The number of rotatable bonds is 5. The number of para-hydroxylation sites is 2. The van der Waals surface area contributed by atoms with Gasteiger partial charge < -0.3 is 9.30 Å². The molecule has 0 atom stereocenters. The van der Waals surface area contributed by atoms with Crippen molar-refractivity contribution in [3.8, 4) is 11.4 Å². The van der Waals surface area contributed by atoms with Crippen molar-refractivity contribution >= 4 is 11.2 Å². The Morgan fingerprint density at radius 1 is 1.03 bits per heavy atom. The van der Waals surface area contributed by atoms with Gasteiger partial charge in [-0.2, -0.15) is 0 Å². The number of ether oxygens (including phenoxy) is 1. The molecule has 4 aromatic rings. The van der Waals surface area contributed by atoms with Crippen LogP contribution in [-0.4, -0.2) is 25.8 Å². The third kappa shape index (κ3) is 3.25. The molecule has 164 valence electrons. The standard InChI is InChI=1S/C25H26N4O3/c1-17-9-3-7-13-20(17)29-23-22(24(30)28(25(29)31)19-11-5-6-12-19)27(16-26-23)15-18-10-4-8-14-21(18)32-2/h3-4,7-10,13-14,16,19H,5-6,11-12,15H2,1-2H3. The van der Waals surface area contributed by atoms with Crippen molar-refractivity contribution in [2.24, 2.45) is 0 Å². The van der Waals surface area contributed by atoms with Gasteiger partial charge in [0.15, 0.2) is 11.2 Å². The first-order valence-corrected chi connectivity index (χ1v) is 11.0. The summed E-state index contributed by atoms with van der Waals surface area (Å²) in [5.74, 6) is 0.748. The van der Waals surface area contributed by atoms with Gasteiger partial charge in [-0.25, -0.2) is 14.3 Å².